The van der Waals surface area contributed by atoms with E-state index in [1.54, 1.807) is 0 Å². The highest BCUT2D eigenvalue weighted by Gasteiger charge is 2.32. The van der Waals surface area contributed by atoms with Crippen molar-refractivity contribution in [3.8, 4) is 6.01 Å². The Morgan fingerprint density at radius 1 is 1.15 bits per heavy atom. The van der Waals surface area contributed by atoms with Gasteiger partial charge in [-0.3, -0.25) is 0 Å². The third kappa shape index (κ3) is 4.90. The van der Waals surface area contributed by atoms with Crippen LogP contribution in [0.4, 0.5) is 15.0 Å². The number of anilines is 1. The standard InChI is InChI=1S/C23H30BrClFN5O3/c1-23(2,3)15-17(25)16(24)14-19(18(15)26)27-21(34-13-5-7-29(4)8-6-13)28-20(14)30-9-11-31(12-10-30)22(32)33/h13H,5-12H2,1-4H3,(H,32,33). The first-order chi connectivity index (χ1) is 16.0. The molecular formula is C23H30BrClFN5O3. The van der Waals surface area contributed by atoms with Gasteiger partial charge in [0.2, 0.25) is 0 Å². The number of rotatable bonds is 3. The van der Waals surface area contributed by atoms with Gasteiger partial charge in [-0.25, -0.2) is 9.18 Å². The zero-order valence-corrected chi connectivity index (χ0v) is 22.2. The Morgan fingerprint density at radius 3 is 2.32 bits per heavy atom. The molecule has 1 amide bonds. The third-order valence-electron chi connectivity index (χ3n) is 6.47. The Bertz CT molecular complexity index is 1100. The van der Waals surface area contributed by atoms with Gasteiger partial charge in [0, 0.05) is 49.3 Å². The highest BCUT2D eigenvalue weighted by atomic mass is 79.9. The molecule has 2 fully saturated rings. The van der Waals surface area contributed by atoms with Crippen molar-refractivity contribution in [1.29, 1.82) is 0 Å². The molecule has 8 nitrogen and oxygen atoms in total. The molecule has 2 saturated heterocycles. The molecule has 2 aliphatic heterocycles. The minimum Gasteiger partial charge on any atom is -0.465 e. The molecule has 0 spiro atoms. The predicted molar refractivity (Wildman–Crippen MR) is 134 cm³/mol. The van der Waals surface area contributed by atoms with E-state index in [1.807, 2.05) is 25.7 Å². The van der Waals surface area contributed by atoms with Crippen molar-refractivity contribution >= 4 is 50.3 Å². The quantitative estimate of drug-likeness (QED) is 0.544. The number of carboxylic acid groups (broad SMARTS) is 1. The molecule has 3 heterocycles. The average Bonchev–Trinajstić information content (AvgIpc) is 2.78. The number of piperidine rings is 1. The lowest BCUT2D eigenvalue weighted by Crippen LogP contribution is -2.48. The number of ether oxygens (including phenoxy) is 1. The van der Waals surface area contributed by atoms with Crippen molar-refractivity contribution < 1.29 is 19.0 Å². The van der Waals surface area contributed by atoms with Crippen molar-refractivity contribution in [3.05, 3.63) is 20.9 Å². The van der Waals surface area contributed by atoms with E-state index in [1.165, 1.54) is 4.90 Å². The summed E-state index contributed by atoms with van der Waals surface area (Å²) in [5, 5.41) is 10.1. The lowest BCUT2D eigenvalue weighted by Gasteiger charge is -2.35. The Kier molecular flexibility index (Phi) is 7.13. The molecule has 2 aliphatic rings. The van der Waals surface area contributed by atoms with E-state index >= 15 is 4.39 Å². The molecule has 0 atom stereocenters. The highest BCUT2D eigenvalue weighted by Crippen LogP contribution is 2.45. The van der Waals surface area contributed by atoms with Gasteiger partial charge >= 0.3 is 12.1 Å². The van der Waals surface area contributed by atoms with Crippen molar-refractivity contribution in [3.63, 3.8) is 0 Å². The van der Waals surface area contributed by atoms with Gasteiger partial charge in [-0.2, -0.15) is 9.97 Å². The molecule has 1 N–H and O–H groups in total. The summed E-state index contributed by atoms with van der Waals surface area (Å²) in [5.74, 6) is 0.00264. The molecule has 0 unspecified atom stereocenters. The Hall–Kier alpha value is -1.91. The Labute approximate surface area is 212 Å². The molecule has 11 heteroatoms. The molecular weight excluding hydrogens is 529 g/mol. The van der Waals surface area contributed by atoms with Gasteiger partial charge in [-0.15, -0.1) is 0 Å². The molecule has 1 aromatic heterocycles. The average molecular weight is 559 g/mol. The normalized spacial score (nSPS) is 18.6. The fourth-order valence-electron chi connectivity index (χ4n) is 4.53. The van der Waals surface area contributed by atoms with Crippen LogP contribution in [-0.2, 0) is 5.41 Å². The number of nitrogens with zero attached hydrogens (tertiary/aromatic N) is 5. The molecule has 0 bridgehead atoms. The first kappa shape index (κ1) is 25.2. The molecule has 0 aliphatic carbocycles. The molecule has 34 heavy (non-hydrogen) atoms. The zero-order chi connectivity index (χ0) is 24.8. The zero-order valence-electron chi connectivity index (χ0n) is 19.9. The molecule has 1 aromatic carbocycles. The minimum absolute atomic E-state index is 0.0498. The highest BCUT2D eigenvalue weighted by molar-refractivity contribution is 9.10. The second kappa shape index (κ2) is 9.62. The maximum Gasteiger partial charge on any atom is 0.407 e. The van der Waals surface area contributed by atoms with Crippen LogP contribution in [0.25, 0.3) is 10.9 Å². The fourth-order valence-corrected chi connectivity index (χ4v) is 5.55. The number of amides is 1. The molecule has 2 aromatic rings. The second-order valence-corrected chi connectivity index (χ2v) is 11.2. The lowest BCUT2D eigenvalue weighted by atomic mass is 9.86. The van der Waals surface area contributed by atoms with Crippen molar-refractivity contribution in [2.75, 3.05) is 51.2 Å². The third-order valence-corrected chi connectivity index (χ3v) is 7.87. The number of aromatic nitrogens is 2. The van der Waals surface area contributed by atoms with Crippen LogP contribution in [0.3, 0.4) is 0 Å². The summed E-state index contributed by atoms with van der Waals surface area (Å²) in [4.78, 5) is 26.1. The van der Waals surface area contributed by atoms with Crippen LogP contribution in [0.5, 0.6) is 6.01 Å². The lowest BCUT2D eigenvalue weighted by molar-refractivity contribution is 0.105. The van der Waals surface area contributed by atoms with E-state index in [4.69, 9.17) is 21.3 Å². The number of hydrogen-bond acceptors (Lipinski definition) is 6. The Balaban J connectivity index is 1.83. The van der Waals surface area contributed by atoms with Gasteiger partial charge in [0.25, 0.3) is 0 Å². The monoisotopic (exact) mass is 557 g/mol. The number of fused-ring (bicyclic) bond motifs is 1. The number of halogens is 3. The first-order valence-corrected chi connectivity index (χ1v) is 12.6. The van der Waals surface area contributed by atoms with Crippen LogP contribution in [0, 0.1) is 5.82 Å². The number of benzene rings is 1. The largest absolute Gasteiger partial charge is 0.465 e. The minimum atomic E-state index is -0.955. The van der Waals surface area contributed by atoms with Crippen LogP contribution >= 0.6 is 27.5 Å². The van der Waals surface area contributed by atoms with E-state index in [0.717, 1.165) is 25.9 Å². The van der Waals surface area contributed by atoms with Gasteiger partial charge in [-0.05, 0) is 41.2 Å². The molecule has 0 radical (unpaired) electrons. The number of piperazine rings is 1. The molecule has 186 valence electrons. The van der Waals surface area contributed by atoms with Gasteiger partial charge < -0.3 is 24.5 Å². The summed E-state index contributed by atoms with van der Waals surface area (Å²) < 4.78 is 22.7. The van der Waals surface area contributed by atoms with Crippen LogP contribution in [0.2, 0.25) is 5.02 Å². The van der Waals surface area contributed by atoms with Crippen LogP contribution in [0.1, 0.15) is 39.2 Å². The first-order valence-electron chi connectivity index (χ1n) is 11.4. The number of likely N-dealkylation sites (tertiary alicyclic amines) is 1. The van der Waals surface area contributed by atoms with Crippen molar-refractivity contribution in [2.45, 2.75) is 45.1 Å². The van der Waals surface area contributed by atoms with Crippen LogP contribution < -0.4 is 9.64 Å². The smallest absolute Gasteiger partial charge is 0.407 e. The summed E-state index contributed by atoms with van der Waals surface area (Å²) in [6.45, 7) is 8.99. The van der Waals surface area contributed by atoms with E-state index < -0.39 is 17.3 Å². The number of hydrogen-bond donors (Lipinski definition) is 1. The van der Waals surface area contributed by atoms with Crippen molar-refractivity contribution in [1.82, 2.24) is 19.8 Å². The maximum absolute atomic E-state index is 16.0. The molecule has 0 saturated carbocycles. The summed E-state index contributed by atoms with van der Waals surface area (Å²) in [6, 6.07) is 0.130. The van der Waals surface area contributed by atoms with Crippen LogP contribution in [-0.4, -0.2) is 83.4 Å². The van der Waals surface area contributed by atoms with E-state index in [2.05, 4.69) is 32.9 Å². The van der Waals surface area contributed by atoms with Gasteiger partial charge in [0.1, 0.15) is 17.4 Å². The van der Waals surface area contributed by atoms with E-state index in [9.17, 15) is 9.90 Å². The summed E-state index contributed by atoms with van der Waals surface area (Å²) in [5.41, 5.74) is -0.0284. The SMILES string of the molecule is CN1CCC(Oc2nc(N3CCN(C(=O)O)CC3)c3c(Br)c(Cl)c(C(C)(C)C)c(F)c3n2)CC1. The van der Waals surface area contributed by atoms with E-state index in [0.29, 0.717) is 47.4 Å². The maximum atomic E-state index is 16.0. The van der Waals surface area contributed by atoms with E-state index in [-0.39, 0.29) is 22.7 Å². The summed E-state index contributed by atoms with van der Waals surface area (Å²) >= 11 is 10.2. The van der Waals surface area contributed by atoms with Gasteiger partial charge in [-0.1, -0.05) is 32.4 Å². The summed E-state index contributed by atoms with van der Waals surface area (Å²) in [7, 11) is 2.07. The number of carbonyl (C=O) groups is 1. The van der Waals surface area contributed by atoms with Crippen molar-refractivity contribution in [2.24, 2.45) is 0 Å². The van der Waals surface area contributed by atoms with Crippen LogP contribution in [0.15, 0.2) is 4.47 Å². The summed E-state index contributed by atoms with van der Waals surface area (Å²) in [6.07, 6.45) is 0.671. The Morgan fingerprint density at radius 2 is 1.76 bits per heavy atom. The fraction of sp³-hybridized carbons (Fsp3) is 0.609. The van der Waals surface area contributed by atoms with Gasteiger partial charge in [0.15, 0.2) is 5.82 Å². The second-order valence-electron chi connectivity index (χ2n) is 10.00. The molecule has 4 rings (SSSR count). The van der Waals surface area contributed by atoms with Gasteiger partial charge in [0.05, 0.1) is 10.4 Å². The predicted octanol–water partition coefficient (Wildman–Crippen LogP) is 4.76. The topological polar surface area (TPSA) is 82.0 Å².